The maximum Gasteiger partial charge on any atom is 0.294 e. The Kier molecular flexibility index (Phi) is 6.39. The minimum atomic E-state index is -0.795. The van der Waals surface area contributed by atoms with Gasteiger partial charge in [-0.05, 0) is 56.7 Å². The van der Waals surface area contributed by atoms with Gasteiger partial charge in [-0.2, -0.15) is 0 Å². The monoisotopic (exact) mass is 338 g/mol. The van der Waals surface area contributed by atoms with Crippen LogP contribution in [0, 0.1) is 10.1 Å². The molecule has 0 heterocycles. The summed E-state index contributed by atoms with van der Waals surface area (Å²) in [5.41, 5.74) is 2.23. The molecule has 2 rings (SSSR count). The number of fused-ring (bicyclic) bond motifs is 1. The third kappa shape index (κ3) is 5.65. The summed E-state index contributed by atoms with van der Waals surface area (Å²) in [5, 5.41) is 22.7. The van der Waals surface area contributed by atoms with Crippen LogP contribution in [0.4, 0.5) is 0 Å². The van der Waals surface area contributed by atoms with Crippen LogP contribution >= 0.6 is 0 Å². The van der Waals surface area contributed by atoms with E-state index in [-0.39, 0.29) is 18.8 Å². The van der Waals surface area contributed by atoms with Crippen LogP contribution in [-0.4, -0.2) is 41.6 Å². The lowest BCUT2D eigenvalue weighted by Crippen LogP contribution is -2.45. The van der Waals surface area contributed by atoms with Crippen molar-refractivity contribution in [3.8, 4) is 5.75 Å². The third-order valence-electron chi connectivity index (χ3n) is 4.27. The molecule has 0 aromatic heterocycles. The summed E-state index contributed by atoms with van der Waals surface area (Å²) in [6, 6.07) is 6.06. The van der Waals surface area contributed by atoms with Crippen LogP contribution in [0.2, 0.25) is 0 Å². The second kappa shape index (κ2) is 8.30. The molecular formula is C17H26N2O5. The van der Waals surface area contributed by atoms with Crippen LogP contribution in [0.1, 0.15) is 37.8 Å². The van der Waals surface area contributed by atoms with E-state index in [0.717, 1.165) is 25.0 Å². The molecule has 0 radical (unpaired) electrons. The molecule has 134 valence electrons. The van der Waals surface area contributed by atoms with Gasteiger partial charge in [0.1, 0.15) is 18.5 Å². The van der Waals surface area contributed by atoms with Gasteiger partial charge in [-0.15, -0.1) is 10.1 Å². The number of β-amino-alcohol motifs (C(OH)–C–C–N with tert-alkyl or cyclic N) is 1. The minimum absolute atomic E-state index is 0.0236. The van der Waals surface area contributed by atoms with Gasteiger partial charge in [-0.25, -0.2) is 0 Å². The van der Waals surface area contributed by atoms with Crippen LogP contribution in [0.25, 0.3) is 0 Å². The molecule has 1 aliphatic rings. The highest BCUT2D eigenvalue weighted by Gasteiger charge is 2.20. The average molecular weight is 338 g/mol. The number of aliphatic hydroxyl groups is 1. The highest BCUT2D eigenvalue weighted by Crippen LogP contribution is 2.30. The molecule has 0 spiro atoms. The van der Waals surface area contributed by atoms with Crippen molar-refractivity contribution in [2.45, 2.75) is 51.2 Å². The number of ether oxygens (including phenoxy) is 1. The molecule has 7 heteroatoms. The minimum Gasteiger partial charge on any atom is -0.491 e. The van der Waals surface area contributed by atoms with Gasteiger partial charge in [-0.3, -0.25) is 0 Å². The quantitative estimate of drug-likeness (QED) is 0.500. The standard InChI is InChI=1S/C17H26N2O5/c1-17(2,9-10-24-19(21)22)18-11-14(20)12-23-16-8-4-6-13-5-3-7-15(13)16/h4,6,8,14,18,20H,3,5,7,9-12H2,1-2H3. The summed E-state index contributed by atoms with van der Waals surface area (Å²) < 4.78 is 5.78. The average Bonchev–Trinajstić information content (AvgIpc) is 2.99. The molecule has 1 aromatic carbocycles. The van der Waals surface area contributed by atoms with Gasteiger partial charge in [0, 0.05) is 12.1 Å². The van der Waals surface area contributed by atoms with Crippen LogP contribution < -0.4 is 10.1 Å². The Hall–Kier alpha value is -1.86. The van der Waals surface area contributed by atoms with Gasteiger partial charge in [0.15, 0.2) is 0 Å². The predicted molar refractivity (Wildman–Crippen MR) is 89.6 cm³/mol. The lowest BCUT2D eigenvalue weighted by molar-refractivity contribution is -0.758. The number of rotatable bonds is 10. The smallest absolute Gasteiger partial charge is 0.294 e. The van der Waals surface area contributed by atoms with E-state index in [4.69, 9.17) is 4.74 Å². The third-order valence-corrected chi connectivity index (χ3v) is 4.27. The van der Waals surface area contributed by atoms with Crippen molar-refractivity contribution in [1.82, 2.24) is 5.32 Å². The molecule has 1 aromatic rings. The number of aryl methyl sites for hydroxylation is 1. The molecule has 1 aliphatic carbocycles. The Morgan fingerprint density at radius 3 is 2.96 bits per heavy atom. The van der Waals surface area contributed by atoms with Crippen molar-refractivity contribution in [1.29, 1.82) is 0 Å². The number of hydrogen-bond donors (Lipinski definition) is 2. The Balaban J connectivity index is 1.72. The van der Waals surface area contributed by atoms with E-state index < -0.39 is 11.2 Å². The maximum absolute atomic E-state index is 10.2. The fourth-order valence-corrected chi connectivity index (χ4v) is 2.82. The Morgan fingerprint density at radius 1 is 1.42 bits per heavy atom. The normalized spacial score (nSPS) is 15.0. The second-order valence-corrected chi connectivity index (χ2v) is 6.78. The highest BCUT2D eigenvalue weighted by atomic mass is 16.9. The summed E-state index contributed by atoms with van der Waals surface area (Å²) >= 11 is 0. The molecule has 2 N–H and O–H groups in total. The summed E-state index contributed by atoms with van der Waals surface area (Å²) in [5.74, 6) is 0.864. The first kappa shape index (κ1) is 18.5. The zero-order chi connectivity index (χ0) is 17.6. The van der Waals surface area contributed by atoms with Gasteiger partial charge in [0.05, 0.1) is 6.61 Å². The summed E-state index contributed by atoms with van der Waals surface area (Å²) in [6.45, 7) is 4.41. The molecule has 0 bridgehead atoms. The van der Waals surface area contributed by atoms with Gasteiger partial charge >= 0.3 is 0 Å². The zero-order valence-electron chi connectivity index (χ0n) is 14.3. The summed E-state index contributed by atoms with van der Waals surface area (Å²) in [7, 11) is 0. The van der Waals surface area contributed by atoms with E-state index in [2.05, 4.69) is 16.2 Å². The molecule has 0 saturated heterocycles. The summed E-state index contributed by atoms with van der Waals surface area (Å²) in [6.07, 6.45) is 3.09. The first-order valence-corrected chi connectivity index (χ1v) is 8.31. The first-order chi connectivity index (χ1) is 11.4. The Morgan fingerprint density at radius 2 is 2.21 bits per heavy atom. The second-order valence-electron chi connectivity index (χ2n) is 6.78. The van der Waals surface area contributed by atoms with Gasteiger partial charge < -0.3 is 20.0 Å². The highest BCUT2D eigenvalue weighted by molar-refractivity contribution is 5.43. The number of nitrogens with one attached hydrogen (secondary N) is 1. The maximum atomic E-state index is 10.2. The molecule has 1 unspecified atom stereocenters. The van der Waals surface area contributed by atoms with Crippen molar-refractivity contribution in [3.63, 3.8) is 0 Å². The van der Waals surface area contributed by atoms with Crippen molar-refractivity contribution in [2.24, 2.45) is 0 Å². The van der Waals surface area contributed by atoms with E-state index in [9.17, 15) is 15.2 Å². The van der Waals surface area contributed by atoms with Crippen LogP contribution in [0.3, 0.4) is 0 Å². The molecule has 0 amide bonds. The molecule has 7 nitrogen and oxygen atoms in total. The van der Waals surface area contributed by atoms with Crippen LogP contribution in [0.5, 0.6) is 5.75 Å². The van der Waals surface area contributed by atoms with E-state index in [1.54, 1.807) is 0 Å². The van der Waals surface area contributed by atoms with E-state index >= 15 is 0 Å². The zero-order valence-corrected chi connectivity index (χ0v) is 14.3. The van der Waals surface area contributed by atoms with Gasteiger partial charge in [0.25, 0.3) is 5.09 Å². The Bertz CT molecular complexity index is 562. The topological polar surface area (TPSA) is 93.9 Å². The largest absolute Gasteiger partial charge is 0.491 e. The number of benzene rings is 1. The molecular weight excluding hydrogens is 312 g/mol. The number of hydrogen-bond acceptors (Lipinski definition) is 6. The van der Waals surface area contributed by atoms with Gasteiger partial charge in [0.2, 0.25) is 0 Å². The van der Waals surface area contributed by atoms with Crippen LogP contribution in [-0.2, 0) is 17.7 Å². The van der Waals surface area contributed by atoms with Crippen molar-refractivity contribution < 1.29 is 19.8 Å². The SMILES string of the molecule is CC(C)(CCO[N+](=O)[O-])NCC(O)COc1cccc2c1CCC2. The predicted octanol–water partition coefficient (Wildman–Crippen LogP) is 1.88. The van der Waals surface area contributed by atoms with Gasteiger partial charge in [-0.1, -0.05) is 12.1 Å². The molecule has 24 heavy (non-hydrogen) atoms. The van der Waals surface area contributed by atoms with Crippen molar-refractivity contribution in [3.05, 3.63) is 39.4 Å². The van der Waals surface area contributed by atoms with Crippen LogP contribution in [0.15, 0.2) is 18.2 Å². The Labute approximate surface area is 142 Å². The summed E-state index contributed by atoms with van der Waals surface area (Å²) in [4.78, 5) is 14.5. The van der Waals surface area contributed by atoms with Crippen molar-refractivity contribution >= 4 is 0 Å². The number of aliphatic hydroxyl groups excluding tert-OH is 1. The lowest BCUT2D eigenvalue weighted by Gasteiger charge is -2.27. The van der Waals surface area contributed by atoms with E-state index in [1.165, 1.54) is 11.1 Å². The fraction of sp³-hybridized carbons (Fsp3) is 0.647. The number of nitrogens with zero attached hydrogens (tertiary/aromatic N) is 1. The van der Waals surface area contributed by atoms with Crippen molar-refractivity contribution in [2.75, 3.05) is 19.8 Å². The molecule has 0 aliphatic heterocycles. The van der Waals surface area contributed by atoms with E-state index in [1.807, 2.05) is 26.0 Å². The molecule has 1 atom stereocenters. The molecule has 0 saturated carbocycles. The fourth-order valence-electron chi connectivity index (χ4n) is 2.82. The lowest BCUT2D eigenvalue weighted by atomic mass is 10.0. The van der Waals surface area contributed by atoms with E-state index in [0.29, 0.717) is 13.0 Å². The first-order valence-electron chi connectivity index (χ1n) is 8.31. The molecule has 0 fully saturated rings.